The Kier molecular flexibility index (Phi) is 3.91. The molecular formula is C12H18F3N5S. The van der Waals surface area contributed by atoms with Gasteiger partial charge >= 0.3 is 6.18 Å². The molecule has 2 N–H and O–H groups in total. The molecule has 9 heteroatoms. The van der Waals surface area contributed by atoms with Crippen LogP contribution in [0.25, 0.3) is 0 Å². The second kappa shape index (κ2) is 5.44. The lowest BCUT2D eigenvalue weighted by Crippen LogP contribution is -2.59. The monoisotopic (exact) mass is 321 g/mol. The molecule has 2 aliphatic heterocycles. The summed E-state index contributed by atoms with van der Waals surface area (Å²) in [6, 6.07) is 0. The smallest absolute Gasteiger partial charge is 0.329 e. The van der Waals surface area contributed by atoms with Gasteiger partial charge < -0.3 is 10.3 Å². The highest BCUT2D eigenvalue weighted by Crippen LogP contribution is 2.35. The predicted molar refractivity (Wildman–Crippen MR) is 73.8 cm³/mol. The highest BCUT2D eigenvalue weighted by atomic mass is 32.2. The van der Waals surface area contributed by atoms with Crippen LogP contribution in [-0.2, 0) is 19.3 Å². The van der Waals surface area contributed by atoms with Crippen LogP contribution in [0.1, 0.15) is 24.5 Å². The van der Waals surface area contributed by atoms with Gasteiger partial charge in [0.25, 0.3) is 0 Å². The summed E-state index contributed by atoms with van der Waals surface area (Å²) in [5, 5.41) is 7.06. The minimum atomic E-state index is -4.44. The summed E-state index contributed by atoms with van der Waals surface area (Å²) in [7, 11) is 0. The number of thioether (sulfide) groups is 1. The van der Waals surface area contributed by atoms with Gasteiger partial charge in [-0.25, -0.2) is 0 Å². The number of halogens is 3. The fourth-order valence-electron chi connectivity index (χ4n) is 3.15. The molecule has 1 atom stereocenters. The summed E-state index contributed by atoms with van der Waals surface area (Å²) < 4.78 is 39.7. The van der Waals surface area contributed by atoms with Crippen molar-refractivity contribution in [3.05, 3.63) is 11.6 Å². The lowest BCUT2D eigenvalue weighted by Gasteiger charge is -2.47. The van der Waals surface area contributed by atoms with Gasteiger partial charge in [-0.15, -0.1) is 10.2 Å². The maximum Gasteiger partial charge on any atom is 0.451 e. The molecule has 0 aromatic carbocycles. The predicted octanol–water partition coefficient (Wildman–Crippen LogP) is 1.34. The van der Waals surface area contributed by atoms with Crippen LogP contribution in [-0.4, -0.2) is 49.8 Å². The summed E-state index contributed by atoms with van der Waals surface area (Å²) in [6.45, 7) is 1.75. The van der Waals surface area contributed by atoms with Gasteiger partial charge in [0.05, 0.1) is 6.54 Å². The van der Waals surface area contributed by atoms with Crippen molar-refractivity contribution in [3.8, 4) is 0 Å². The van der Waals surface area contributed by atoms with E-state index in [2.05, 4.69) is 15.1 Å². The number of rotatable bonds is 2. The van der Waals surface area contributed by atoms with Crippen molar-refractivity contribution in [2.45, 2.75) is 37.6 Å². The second-order valence-corrected chi connectivity index (χ2v) is 6.70. The van der Waals surface area contributed by atoms with Gasteiger partial charge in [-0.2, -0.15) is 24.9 Å². The van der Waals surface area contributed by atoms with Gasteiger partial charge in [-0.1, -0.05) is 0 Å². The molecule has 21 heavy (non-hydrogen) atoms. The third-order valence-electron chi connectivity index (χ3n) is 4.36. The van der Waals surface area contributed by atoms with E-state index in [1.807, 2.05) is 11.8 Å². The number of nitrogens with two attached hydrogens (primary N) is 1. The minimum absolute atomic E-state index is 0.113. The molecule has 3 heterocycles. The van der Waals surface area contributed by atoms with Crippen LogP contribution >= 0.6 is 11.8 Å². The molecule has 1 fully saturated rings. The van der Waals surface area contributed by atoms with E-state index in [1.54, 1.807) is 0 Å². The lowest BCUT2D eigenvalue weighted by molar-refractivity contribution is -0.148. The number of hydrogen-bond donors (Lipinski definition) is 1. The molecule has 1 aromatic rings. The van der Waals surface area contributed by atoms with Crippen molar-refractivity contribution in [1.29, 1.82) is 0 Å². The summed E-state index contributed by atoms with van der Waals surface area (Å²) in [5.74, 6) is 1.56. The summed E-state index contributed by atoms with van der Waals surface area (Å²) >= 11 is 1.87. The number of fused-ring (bicyclic) bond motifs is 1. The van der Waals surface area contributed by atoms with Crippen molar-refractivity contribution in [1.82, 2.24) is 19.7 Å². The normalized spacial score (nSPS) is 27.6. The fourth-order valence-corrected chi connectivity index (χ4v) is 4.47. The Hall–Kier alpha value is -0.800. The van der Waals surface area contributed by atoms with Crippen LogP contribution in [0, 0.1) is 0 Å². The molecule has 0 bridgehead atoms. The Bertz CT molecular complexity index is 509. The van der Waals surface area contributed by atoms with Crippen molar-refractivity contribution >= 4 is 11.8 Å². The summed E-state index contributed by atoms with van der Waals surface area (Å²) in [4.78, 5) is 2.20. The van der Waals surface area contributed by atoms with Crippen molar-refractivity contribution < 1.29 is 13.2 Å². The summed E-state index contributed by atoms with van der Waals surface area (Å²) in [6.07, 6.45) is -2.35. The van der Waals surface area contributed by atoms with Gasteiger partial charge in [0.1, 0.15) is 5.82 Å². The van der Waals surface area contributed by atoms with Gasteiger partial charge in [-0.05, 0) is 18.6 Å². The van der Waals surface area contributed by atoms with Gasteiger partial charge in [0.15, 0.2) is 0 Å². The van der Waals surface area contributed by atoms with E-state index >= 15 is 0 Å². The number of aromatic nitrogens is 3. The van der Waals surface area contributed by atoms with E-state index in [1.165, 1.54) is 4.57 Å². The first-order valence-corrected chi connectivity index (χ1v) is 8.14. The third-order valence-corrected chi connectivity index (χ3v) is 5.68. The highest BCUT2D eigenvalue weighted by molar-refractivity contribution is 7.99. The first-order valence-electron chi connectivity index (χ1n) is 6.98. The quantitative estimate of drug-likeness (QED) is 0.891. The average molecular weight is 321 g/mol. The second-order valence-electron chi connectivity index (χ2n) is 5.60. The molecule has 0 amide bonds. The molecule has 0 saturated carbocycles. The van der Waals surface area contributed by atoms with Crippen molar-refractivity contribution in [3.63, 3.8) is 0 Å². The van der Waals surface area contributed by atoms with E-state index in [-0.39, 0.29) is 12.1 Å². The van der Waals surface area contributed by atoms with Gasteiger partial charge in [-0.3, -0.25) is 4.90 Å². The number of hydrogen-bond acceptors (Lipinski definition) is 5. The standard InChI is InChI=1S/C12H18F3N5S/c13-12(14,15)10-18-17-9-6-19(3-4-20(9)10)11(7-16)2-1-5-21-8-11/h1-8,16H2. The molecule has 1 aromatic heterocycles. The Morgan fingerprint density at radius 3 is 2.71 bits per heavy atom. The number of nitrogens with zero attached hydrogens (tertiary/aromatic N) is 4. The minimum Gasteiger partial charge on any atom is -0.329 e. The molecular weight excluding hydrogens is 303 g/mol. The van der Waals surface area contributed by atoms with Crippen LogP contribution < -0.4 is 5.73 Å². The maximum atomic E-state index is 12.8. The molecule has 2 aliphatic rings. The molecule has 1 unspecified atom stereocenters. The van der Waals surface area contributed by atoms with Crippen molar-refractivity contribution in [2.75, 3.05) is 24.6 Å². The first-order chi connectivity index (χ1) is 9.96. The largest absolute Gasteiger partial charge is 0.451 e. The van der Waals surface area contributed by atoms with Crippen LogP contribution in [0.4, 0.5) is 13.2 Å². The molecule has 0 radical (unpaired) electrons. The van der Waals surface area contributed by atoms with E-state index in [4.69, 9.17) is 5.73 Å². The van der Waals surface area contributed by atoms with Crippen LogP contribution in [0.3, 0.4) is 0 Å². The Balaban J connectivity index is 1.83. The zero-order chi connectivity index (χ0) is 15.1. The van der Waals surface area contributed by atoms with Gasteiger partial charge in [0, 0.05) is 30.9 Å². The molecule has 1 saturated heterocycles. The average Bonchev–Trinajstić information content (AvgIpc) is 2.91. The highest BCUT2D eigenvalue weighted by Gasteiger charge is 2.43. The third kappa shape index (κ3) is 2.66. The number of alkyl halides is 3. The van der Waals surface area contributed by atoms with Crippen LogP contribution in [0.5, 0.6) is 0 Å². The molecule has 0 spiro atoms. The topological polar surface area (TPSA) is 60.0 Å². The Labute approximate surface area is 125 Å². The van der Waals surface area contributed by atoms with Crippen LogP contribution in [0.2, 0.25) is 0 Å². The van der Waals surface area contributed by atoms with Gasteiger partial charge in [0.2, 0.25) is 5.82 Å². The van der Waals surface area contributed by atoms with Crippen molar-refractivity contribution in [2.24, 2.45) is 5.73 Å². The molecule has 3 rings (SSSR count). The lowest BCUT2D eigenvalue weighted by atomic mass is 9.92. The fraction of sp³-hybridized carbons (Fsp3) is 0.833. The zero-order valence-corrected chi connectivity index (χ0v) is 12.4. The zero-order valence-electron chi connectivity index (χ0n) is 11.6. The maximum absolute atomic E-state index is 12.8. The molecule has 5 nitrogen and oxygen atoms in total. The summed E-state index contributed by atoms with van der Waals surface area (Å²) in [5.41, 5.74) is 5.87. The van der Waals surface area contributed by atoms with Crippen LogP contribution in [0.15, 0.2) is 0 Å². The van der Waals surface area contributed by atoms with E-state index in [9.17, 15) is 13.2 Å². The first kappa shape index (κ1) is 15.1. The molecule has 0 aliphatic carbocycles. The Morgan fingerprint density at radius 2 is 2.10 bits per heavy atom. The van der Waals surface area contributed by atoms with E-state index < -0.39 is 12.0 Å². The Morgan fingerprint density at radius 1 is 1.29 bits per heavy atom. The van der Waals surface area contributed by atoms with E-state index in [0.717, 1.165) is 24.3 Å². The van der Waals surface area contributed by atoms with E-state index in [0.29, 0.717) is 25.5 Å². The SMILES string of the molecule is NCC1(N2CCn3c(nnc3C(F)(F)F)C2)CCCSC1. The molecule has 118 valence electrons.